The molecule has 0 bridgehead atoms. The fourth-order valence-electron chi connectivity index (χ4n) is 2.78. The second kappa shape index (κ2) is 9.00. The lowest BCUT2D eigenvalue weighted by atomic mass is 10.1. The molecule has 0 spiro atoms. The molecule has 2 amide bonds. The summed E-state index contributed by atoms with van der Waals surface area (Å²) >= 11 is 0. The Morgan fingerprint density at radius 1 is 0.643 bits per heavy atom. The molecule has 0 aliphatic heterocycles. The van der Waals surface area contributed by atoms with Crippen molar-refractivity contribution in [1.29, 1.82) is 0 Å². The number of carbonyl (C=O) groups excluding carboxylic acids is 2. The van der Waals surface area contributed by atoms with Crippen molar-refractivity contribution in [2.24, 2.45) is 0 Å². The first-order chi connectivity index (χ1) is 13.5. The van der Waals surface area contributed by atoms with Gasteiger partial charge in [0.15, 0.2) is 0 Å². The van der Waals surface area contributed by atoms with E-state index in [1.165, 1.54) is 11.1 Å². The Balaban J connectivity index is 1.58. The summed E-state index contributed by atoms with van der Waals surface area (Å²) in [6.45, 7) is 4.95. The van der Waals surface area contributed by atoms with E-state index in [2.05, 4.69) is 10.6 Å². The molecule has 2 N–H and O–H groups in total. The SMILES string of the molecule is Cc1ccc(CNC(=O)c2cccc(C(=O)NCc3ccc(C)cc3)c2)cc1. The second-order valence-electron chi connectivity index (χ2n) is 6.92. The van der Waals surface area contributed by atoms with E-state index in [9.17, 15) is 9.59 Å². The van der Waals surface area contributed by atoms with Crippen molar-refractivity contribution >= 4 is 11.8 Å². The van der Waals surface area contributed by atoms with Gasteiger partial charge < -0.3 is 10.6 Å². The third kappa shape index (κ3) is 5.30. The summed E-state index contributed by atoms with van der Waals surface area (Å²) < 4.78 is 0. The Morgan fingerprint density at radius 2 is 1.04 bits per heavy atom. The Labute approximate surface area is 165 Å². The lowest BCUT2D eigenvalue weighted by Crippen LogP contribution is -2.25. The monoisotopic (exact) mass is 372 g/mol. The smallest absolute Gasteiger partial charge is 0.251 e. The molecule has 0 aliphatic rings. The molecule has 0 unspecified atom stereocenters. The van der Waals surface area contributed by atoms with Crippen LogP contribution in [-0.4, -0.2) is 11.8 Å². The van der Waals surface area contributed by atoms with Gasteiger partial charge in [-0.25, -0.2) is 0 Å². The normalized spacial score (nSPS) is 10.4. The highest BCUT2D eigenvalue weighted by Gasteiger charge is 2.10. The maximum Gasteiger partial charge on any atom is 0.251 e. The molecule has 0 radical (unpaired) electrons. The van der Waals surface area contributed by atoms with Crippen LogP contribution in [0.4, 0.5) is 0 Å². The highest BCUT2D eigenvalue weighted by molar-refractivity contribution is 5.99. The maximum atomic E-state index is 12.4. The van der Waals surface area contributed by atoms with Crippen molar-refractivity contribution in [2.75, 3.05) is 0 Å². The lowest BCUT2D eigenvalue weighted by molar-refractivity contribution is 0.0950. The van der Waals surface area contributed by atoms with Crippen molar-refractivity contribution in [3.63, 3.8) is 0 Å². The van der Waals surface area contributed by atoms with Gasteiger partial charge in [-0.1, -0.05) is 65.7 Å². The van der Waals surface area contributed by atoms with E-state index in [0.717, 1.165) is 11.1 Å². The molecule has 0 fully saturated rings. The molecular formula is C24H24N2O2. The molecule has 4 heteroatoms. The quantitative estimate of drug-likeness (QED) is 0.682. The van der Waals surface area contributed by atoms with Gasteiger partial charge in [0.05, 0.1) is 0 Å². The highest BCUT2D eigenvalue weighted by Crippen LogP contribution is 2.08. The van der Waals surface area contributed by atoms with Crippen LogP contribution in [0.5, 0.6) is 0 Å². The minimum Gasteiger partial charge on any atom is -0.348 e. The van der Waals surface area contributed by atoms with Gasteiger partial charge in [0.25, 0.3) is 11.8 Å². The molecule has 28 heavy (non-hydrogen) atoms. The van der Waals surface area contributed by atoms with E-state index < -0.39 is 0 Å². The van der Waals surface area contributed by atoms with Gasteiger partial charge in [-0.2, -0.15) is 0 Å². The zero-order chi connectivity index (χ0) is 19.9. The minimum absolute atomic E-state index is 0.200. The summed E-state index contributed by atoms with van der Waals surface area (Å²) in [4.78, 5) is 24.9. The van der Waals surface area contributed by atoms with Gasteiger partial charge in [-0.3, -0.25) is 9.59 Å². The first-order valence-electron chi connectivity index (χ1n) is 9.29. The molecule has 4 nitrogen and oxygen atoms in total. The zero-order valence-corrected chi connectivity index (χ0v) is 16.2. The van der Waals surface area contributed by atoms with E-state index >= 15 is 0 Å². The second-order valence-corrected chi connectivity index (χ2v) is 6.92. The Morgan fingerprint density at radius 3 is 1.43 bits per heavy atom. The van der Waals surface area contributed by atoms with E-state index in [0.29, 0.717) is 24.2 Å². The number of benzene rings is 3. The molecule has 0 aromatic heterocycles. The largest absolute Gasteiger partial charge is 0.348 e. The summed E-state index contributed by atoms with van der Waals surface area (Å²) in [6.07, 6.45) is 0. The van der Waals surface area contributed by atoms with Crippen molar-refractivity contribution in [1.82, 2.24) is 10.6 Å². The first-order valence-corrected chi connectivity index (χ1v) is 9.29. The summed E-state index contributed by atoms with van der Waals surface area (Å²) in [5, 5.41) is 5.79. The van der Waals surface area contributed by atoms with Gasteiger partial charge in [0, 0.05) is 24.2 Å². The topological polar surface area (TPSA) is 58.2 Å². The number of amides is 2. The molecular weight excluding hydrogens is 348 g/mol. The van der Waals surface area contributed by atoms with Crippen LogP contribution in [0.2, 0.25) is 0 Å². The van der Waals surface area contributed by atoms with Gasteiger partial charge in [-0.15, -0.1) is 0 Å². The Bertz CT molecular complexity index is 884. The van der Waals surface area contributed by atoms with E-state index in [4.69, 9.17) is 0 Å². The van der Waals surface area contributed by atoms with Crippen LogP contribution in [0.1, 0.15) is 43.0 Å². The van der Waals surface area contributed by atoms with Gasteiger partial charge in [0.1, 0.15) is 0 Å². The predicted octanol–water partition coefficient (Wildman–Crippen LogP) is 4.16. The molecule has 0 aliphatic carbocycles. The van der Waals surface area contributed by atoms with Crippen LogP contribution in [0.25, 0.3) is 0 Å². The van der Waals surface area contributed by atoms with Crippen LogP contribution in [0.3, 0.4) is 0 Å². The van der Waals surface area contributed by atoms with Crippen LogP contribution < -0.4 is 10.6 Å². The minimum atomic E-state index is -0.200. The molecule has 3 rings (SSSR count). The van der Waals surface area contributed by atoms with Crippen LogP contribution in [0.15, 0.2) is 72.8 Å². The fourth-order valence-corrected chi connectivity index (χ4v) is 2.78. The van der Waals surface area contributed by atoms with Gasteiger partial charge in [-0.05, 0) is 43.2 Å². The number of carbonyl (C=O) groups is 2. The predicted molar refractivity (Wildman–Crippen MR) is 111 cm³/mol. The first kappa shape index (κ1) is 19.4. The average Bonchev–Trinajstić information content (AvgIpc) is 2.72. The highest BCUT2D eigenvalue weighted by atomic mass is 16.2. The summed E-state index contributed by atoms with van der Waals surface area (Å²) in [6, 6.07) is 22.8. The van der Waals surface area contributed by atoms with E-state index in [-0.39, 0.29) is 11.8 Å². The third-order valence-corrected chi connectivity index (χ3v) is 4.53. The van der Waals surface area contributed by atoms with Crippen molar-refractivity contribution in [3.05, 3.63) is 106 Å². The van der Waals surface area contributed by atoms with Gasteiger partial charge >= 0.3 is 0 Å². The fraction of sp³-hybridized carbons (Fsp3) is 0.167. The average molecular weight is 372 g/mol. The molecule has 0 atom stereocenters. The van der Waals surface area contributed by atoms with E-state index in [1.807, 2.05) is 62.4 Å². The van der Waals surface area contributed by atoms with Crippen molar-refractivity contribution in [2.45, 2.75) is 26.9 Å². The lowest BCUT2D eigenvalue weighted by Gasteiger charge is -2.09. The molecule has 0 heterocycles. The van der Waals surface area contributed by atoms with Crippen LogP contribution in [0, 0.1) is 13.8 Å². The molecule has 0 saturated heterocycles. The van der Waals surface area contributed by atoms with Crippen molar-refractivity contribution in [3.8, 4) is 0 Å². The summed E-state index contributed by atoms with van der Waals surface area (Å²) in [5.74, 6) is -0.400. The molecule has 3 aromatic carbocycles. The Kier molecular flexibility index (Phi) is 6.22. The standard InChI is InChI=1S/C24H24N2O2/c1-17-6-10-19(11-7-17)15-25-23(27)21-4-3-5-22(14-21)24(28)26-16-20-12-8-18(2)9-13-20/h3-14H,15-16H2,1-2H3,(H,25,27)(H,26,28). The Hall–Kier alpha value is -3.40. The number of aryl methyl sites for hydroxylation is 2. The summed E-state index contributed by atoms with van der Waals surface area (Å²) in [5.41, 5.74) is 5.36. The van der Waals surface area contributed by atoms with Crippen LogP contribution in [-0.2, 0) is 13.1 Å². The molecule has 3 aromatic rings. The third-order valence-electron chi connectivity index (χ3n) is 4.53. The number of nitrogens with one attached hydrogen (secondary N) is 2. The molecule has 142 valence electrons. The zero-order valence-electron chi connectivity index (χ0n) is 16.2. The van der Waals surface area contributed by atoms with Crippen LogP contribution >= 0.6 is 0 Å². The number of hydrogen-bond donors (Lipinski definition) is 2. The maximum absolute atomic E-state index is 12.4. The summed E-state index contributed by atoms with van der Waals surface area (Å²) in [7, 11) is 0. The number of hydrogen-bond acceptors (Lipinski definition) is 2. The molecule has 0 saturated carbocycles. The number of rotatable bonds is 6. The van der Waals surface area contributed by atoms with Gasteiger partial charge in [0.2, 0.25) is 0 Å². The van der Waals surface area contributed by atoms with E-state index in [1.54, 1.807) is 24.3 Å². The van der Waals surface area contributed by atoms with Crippen molar-refractivity contribution < 1.29 is 9.59 Å².